The molecule has 1 aliphatic heterocycles. The van der Waals surface area contributed by atoms with Gasteiger partial charge in [-0.25, -0.2) is 4.79 Å². The molecule has 2 rings (SSSR count). The van der Waals surface area contributed by atoms with Crippen LogP contribution in [0, 0.1) is 5.92 Å². The third-order valence-electron chi connectivity index (χ3n) is 4.70. The first-order valence-electron chi connectivity index (χ1n) is 8.53. The monoisotopic (exact) mass is 298 g/mol. The SMILES string of the molecule is CCOC(CCNC(=O)N1CCCC(O)C1)C1CCCC1. The molecule has 5 heteroatoms. The summed E-state index contributed by atoms with van der Waals surface area (Å²) in [7, 11) is 0. The Morgan fingerprint density at radius 3 is 2.76 bits per heavy atom. The molecule has 122 valence electrons. The standard InChI is InChI=1S/C16H30N2O3/c1-2-21-15(13-6-3-4-7-13)9-10-17-16(20)18-11-5-8-14(19)12-18/h13-15,19H,2-12H2,1H3,(H,17,20). The number of urea groups is 1. The molecule has 0 aromatic heterocycles. The number of aliphatic hydroxyl groups is 1. The van der Waals surface area contributed by atoms with Crippen molar-refractivity contribution in [3.05, 3.63) is 0 Å². The number of likely N-dealkylation sites (tertiary alicyclic amines) is 1. The molecule has 2 amide bonds. The number of ether oxygens (including phenoxy) is 1. The number of carbonyl (C=O) groups is 1. The van der Waals surface area contributed by atoms with E-state index in [4.69, 9.17) is 4.74 Å². The minimum absolute atomic E-state index is 0.0459. The zero-order valence-electron chi connectivity index (χ0n) is 13.2. The van der Waals surface area contributed by atoms with Crippen molar-refractivity contribution in [2.24, 2.45) is 5.92 Å². The van der Waals surface area contributed by atoms with E-state index in [9.17, 15) is 9.90 Å². The van der Waals surface area contributed by atoms with Crippen molar-refractivity contribution < 1.29 is 14.6 Å². The first-order valence-corrected chi connectivity index (χ1v) is 8.53. The molecule has 1 aliphatic carbocycles. The van der Waals surface area contributed by atoms with Crippen LogP contribution < -0.4 is 5.32 Å². The van der Waals surface area contributed by atoms with Crippen LogP contribution in [-0.4, -0.2) is 54.5 Å². The number of amides is 2. The van der Waals surface area contributed by atoms with Gasteiger partial charge >= 0.3 is 6.03 Å². The Kier molecular flexibility index (Phi) is 6.77. The Labute approximate surface area is 128 Å². The molecule has 0 aromatic rings. The first-order chi connectivity index (χ1) is 10.2. The lowest BCUT2D eigenvalue weighted by atomic mass is 9.98. The molecular weight excluding hydrogens is 268 g/mol. The summed E-state index contributed by atoms with van der Waals surface area (Å²) >= 11 is 0. The van der Waals surface area contributed by atoms with E-state index in [1.54, 1.807) is 4.90 Å². The number of rotatable bonds is 6. The van der Waals surface area contributed by atoms with E-state index in [0.717, 1.165) is 32.4 Å². The topological polar surface area (TPSA) is 61.8 Å². The van der Waals surface area contributed by atoms with E-state index >= 15 is 0 Å². The quantitative estimate of drug-likeness (QED) is 0.790. The molecule has 0 spiro atoms. The summed E-state index contributed by atoms with van der Waals surface area (Å²) in [4.78, 5) is 13.8. The first kappa shape index (κ1) is 16.6. The van der Waals surface area contributed by atoms with Gasteiger partial charge in [-0.05, 0) is 44.9 Å². The molecule has 0 bridgehead atoms. The molecule has 2 fully saturated rings. The van der Waals surface area contributed by atoms with Crippen molar-refractivity contribution in [3.63, 3.8) is 0 Å². The van der Waals surface area contributed by atoms with Crippen LogP contribution in [0.15, 0.2) is 0 Å². The number of aliphatic hydroxyl groups excluding tert-OH is 1. The van der Waals surface area contributed by atoms with Crippen LogP contribution in [0.3, 0.4) is 0 Å². The smallest absolute Gasteiger partial charge is 0.317 e. The van der Waals surface area contributed by atoms with Crippen LogP contribution in [0.25, 0.3) is 0 Å². The summed E-state index contributed by atoms with van der Waals surface area (Å²) in [5.41, 5.74) is 0. The average molecular weight is 298 g/mol. The highest BCUT2D eigenvalue weighted by Gasteiger charge is 2.26. The zero-order chi connectivity index (χ0) is 15.1. The maximum Gasteiger partial charge on any atom is 0.317 e. The minimum Gasteiger partial charge on any atom is -0.391 e. The predicted octanol–water partition coefficient (Wildman–Crippen LogP) is 2.14. The molecular formula is C16H30N2O3. The third-order valence-corrected chi connectivity index (χ3v) is 4.70. The normalized spacial score (nSPS) is 25.0. The van der Waals surface area contributed by atoms with Gasteiger partial charge in [0.1, 0.15) is 0 Å². The molecule has 21 heavy (non-hydrogen) atoms. The van der Waals surface area contributed by atoms with Crippen molar-refractivity contribution >= 4 is 6.03 Å². The Bertz CT molecular complexity index is 319. The van der Waals surface area contributed by atoms with Gasteiger partial charge in [-0.1, -0.05) is 12.8 Å². The van der Waals surface area contributed by atoms with E-state index in [1.165, 1.54) is 25.7 Å². The van der Waals surface area contributed by atoms with Gasteiger partial charge in [0.05, 0.1) is 12.2 Å². The van der Waals surface area contributed by atoms with Crippen LogP contribution in [0.4, 0.5) is 4.79 Å². The number of piperidine rings is 1. The molecule has 2 aliphatic rings. The summed E-state index contributed by atoms with van der Waals surface area (Å²) in [5, 5.41) is 12.6. The van der Waals surface area contributed by atoms with Gasteiger partial charge in [0.15, 0.2) is 0 Å². The second-order valence-corrected chi connectivity index (χ2v) is 6.30. The highest BCUT2D eigenvalue weighted by atomic mass is 16.5. The van der Waals surface area contributed by atoms with Crippen LogP contribution in [0.5, 0.6) is 0 Å². The van der Waals surface area contributed by atoms with Gasteiger partial charge in [-0.2, -0.15) is 0 Å². The fraction of sp³-hybridized carbons (Fsp3) is 0.938. The summed E-state index contributed by atoms with van der Waals surface area (Å²) in [6, 6.07) is -0.0459. The second-order valence-electron chi connectivity index (χ2n) is 6.30. The fourth-order valence-corrected chi connectivity index (χ4v) is 3.57. The zero-order valence-corrected chi connectivity index (χ0v) is 13.2. The van der Waals surface area contributed by atoms with Crippen molar-refractivity contribution in [1.82, 2.24) is 10.2 Å². The van der Waals surface area contributed by atoms with E-state index in [0.29, 0.717) is 19.0 Å². The summed E-state index contributed by atoms with van der Waals surface area (Å²) in [6.45, 7) is 4.65. The van der Waals surface area contributed by atoms with Gasteiger partial charge < -0.3 is 20.1 Å². The van der Waals surface area contributed by atoms with Crippen LogP contribution in [-0.2, 0) is 4.74 Å². The lowest BCUT2D eigenvalue weighted by molar-refractivity contribution is 0.0163. The van der Waals surface area contributed by atoms with Gasteiger partial charge in [-0.15, -0.1) is 0 Å². The Morgan fingerprint density at radius 1 is 1.33 bits per heavy atom. The van der Waals surface area contributed by atoms with Gasteiger partial charge in [0.2, 0.25) is 0 Å². The van der Waals surface area contributed by atoms with Gasteiger partial charge in [-0.3, -0.25) is 0 Å². The number of nitrogens with one attached hydrogen (secondary N) is 1. The molecule has 2 N–H and O–H groups in total. The highest BCUT2D eigenvalue weighted by molar-refractivity contribution is 5.74. The number of hydrogen-bond acceptors (Lipinski definition) is 3. The Balaban J connectivity index is 1.69. The number of carbonyl (C=O) groups excluding carboxylic acids is 1. The van der Waals surface area contributed by atoms with Crippen molar-refractivity contribution in [2.45, 2.75) is 64.1 Å². The van der Waals surface area contributed by atoms with Crippen molar-refractivity contribution in [2.75, 3.05) is 26.2 Å². The maximum atomic E-state index is 12.1. The lowest BCUT2D eigenvalue weighted by Gasteiger charge is -2.30. The van der Waals surface area contributed by atoms with Crippen molar-refractivity contribution in [1.29, 1.82) is 0 Å². The number of hydrogen-bond donors (Lipinski definition) is 2. The summed E-state index contributed by atoms with van der Waals surface area (Å²) in [6.07, 6.45) is 7.65. The Hall–Kier alpha value is -0.810. The minimum atomic E-state index is -0.362. The van der Waals surface area contributed by atoms with Gasteiger partial charge in [0.25, 0.3) is 0 Å². The van der Waals surface area contributed by atoms with Crippen LogP contribution in [0.1, 0.15) is 51.9 Å². The van der Waals surface area contributed by atoms with E-state index in [1.807, 2.05) is 6.92 Å². The molecule has 1 heterocycles. The summed E-state index contributed by atoms with van der Waals surface area (Å²) < 4.78 is 5.87. The second kappa shape index (κ2) is 8.59. The van der Waals surface area contributed by atoms with Gasteiger partial charge in [0, 0.05) is 26.2 Å². The largest absolute Gasteiger partial charge is 0.391 e. The van der Waals surface area contributed by atoms with Crippen molar-refractivity contribution in [3.8, 4) is 0 Å². The van der Waals surface area contributed by atoms with E-state index in [2.05, 4.69) is 5.32 Å². The third kappa shape index (κ3) is 5.15. The Morgan fingerprint density at radius 2 is 2.10 bits per heavy atom. The van der Waals surface area contributed by atoms with Crippen LogP contribution >= 0.6 is 0 Å². The number of nitrogens with zero attached hydrogens (tertiary/aromatic N) is 1. The van der Waals surface area contributed by atoms with E-state index in [-0.39, 0.29) is 18.2 Å². The molecule has 2 unspecified atom stereocenters. The molecule has 1 saturated heterocycles. The lowest BCUT2D eigenvalue weighted by Crippen LogP contribution is -2.47. The molecule has 2 atom stereocenters. The number of β-amino-alcohol motifs (C(OH)–C–C–N with tert-alkyl or cyclic N) is 1. The molecule has 1 saturated carbocycles. The fourth-order valence-electron chi connectivity index (χ4n) is 3.57. The average Bonchev–Trinajstić information content (AvgIpc) is 3.00. The summed E-state index contributed by atoms with van der Waals surface area (Å²) in [5.74, 6) is 0.665. The van der Waals surface area contributed by atoms with E-state index < -0.39 is 0 Å². The maximum absolute atomic E-state index is 12.1. The predicted molar refractivity (Wildman–Crippen MR) is 82.2 cm³/mol. The molecule has 5 nitrogen and oxygen atoms in total. The molecule has 0 aromatic carbocycles. The van der Waals surface area contributed by atoms with Crippen LogP contribution in [0.2, 0.25) is 0 Å². The molecule has 0 radical (unpaired) electrons. The highest BCUT2D eigenvalue weighted by Crippen LogP contribution is 2.30.